The molecule has 1 aromatic heterocycles. The Kier molecular flexibility index (Phi) is 3.33. The van der Waals surface area contributed by atoms with Crippen LogP contribution in [0.1, 0.15) is 26.3 Å². The molecule has 0 bridgehead atoms. The summed E-state index contributed by atoms with van der Waals surface area (Å²) in [6.07, 6.45) is 0.783. The molecular weight excluding hydrogens is 270 g/mol. The van der Waals surface area contributed by atoms with Crippen LogP contribution in [0, 0.1) is 0 Å². The number of aromatic amines is 1. The van der Waals surface area contributed by atoms with E-state index in [0.717, 1.165) is 13.0 Å². The number of H-pyrrole nitrogens is 1. The maximum Gasteiger partial charge on any atom is 0.329 e. The minimum atomic E-state index is -0.381. The van der Waals surface area contributed by atoms with Gasteiger partial charge in [-0.25, -0.2) is 4.79 Å². The van der Waals surface area contributed by atoms with Crippen LogP contribution in [0.3, 0.4) is 0 Å². The maximum absolute atomic E-state index is 12.6. The molecule has 1 aliphatic heterocycles. The van der Waals surface area contributed by atoms with Gasteiger partial charge in [-0.3, -0.25) is 14.3 Å². The molecule has 0 radical (unpaired) electrons. The molecular formula is C15H19N3O3. The van der Waals surface area contributed by atoms with Crippen LogP contribution >= 0.6 is 0 Å². The SMILES string of the molecule is CC(C)N1CCC(n2c(=O)[nH]c3ccc(O)cc3c2=O)C1. The topological polar surface area (TPSA) is 78.3 Å². The number of fused-ring (bicyclic) bond motifs is 1. The molecule has 0 aliphatic carbocycles. The van der Waals surface area contributed by atoms with Crippen LogP contribution in [0.15, 0.2) is 27.8 Å². The molecule has 1 fully saturated rings. The third kappa shape index (κ3) is 2.35. The summed E-state index contributed by atoms with van der Waals surface area (Å²) in [6, 6.07) is 4.69. The second-order valence-electron chi connectivity index (χ2n) is 5.87. The van der Waals surface area contributed by atoms with Crippen molar-refractivity contribution in [3.63, 3.8) is 0 Å². The molecule has 1 aromatic carbocycles. The molecule has 1 unspecified atom stereocenters. The van der Waals surface area contributed by atoms with Gasteiger partial charge in [0.2, 0.25) is 0 Å². The predicted octanol–water partition coefficient (Wildman–Crippen LogP) is 1.05. The third-order valence-electron chi connectivity index (χ3n) is 4.20. The summed E-state index contributed by atoms with van der Waals surface area (Å²) >= 11 is 0. The lowest BCUT2D eigenvalue weighted by molar-refractivity contribution is 0.263. The first-order valence-corrected chi connectivity index (χ1v) is 7.19. The van der Waals surface area contributed by atoms with Gasteiger partial charge in [-0.2, -0.15) is 0 Å². The smallest absolute Gasteiger partial charge is 0.329 e. The van der Waals surface area contributed by atoms with Gasteiger partial charge >= 0.3 is 5.69 Å². The molecule has 0 saturated carbocycles. The molecule has 1 saturated heterocycles. The van der Waals surface area contributed by atoms with E-state index in [9.17, 15) is 14.7 Å². The van der Waals surface area contributed by atoms with Gasteiger partial charge in [0, 0.05) is 19.1 Å². The molecule has 0 spiro atoms. The Bertz CT molecular complexity index is 791. The van der Waals surface area contributed by atoms with Gasteiger partial charge in [-0.05, 0) is 38.5 Å². The van der Waals surface area contributed by atoms with E-state index < -0.39 is 0 Å². The van der Waals surface area contributed by atoms with Crippen LogP contribution in [0.2, 0.25) is 0 Å². The fraction of sp³-hybridized carbons (Fsp3) is 0.467. The standard InChI is InChI=1S/C15H19N3O3/c1-9(2)17-6-5-10(8-17)18-14(20)12-7-11(19)3-4-13(12)16-15(18)21/h3-4,7,9-10,19H,5-6,8H2,1-2H3,(H,16,21). The van der Waals surface area contributed by atoms with Gasteiger partial charge in [0.1, 0.15) is 5.75 Å². The fourth-order valence-electron chi connectivity index (χ4n) is 3.00. The molecule has 1 atom stereocenters. The predicted molar refractivity (Wildman–Crippen MR) is 80.9 cm³/mol. The number of phenolic OH excluding ortho intramolecular Hbond substituents is 1. The second kappa shape index (κ2) is 5.04. The number of phenols is 1. The normalized spacial score (nSPS) is 19.7. The van der Waals surface area contributed by atoms with E-state index in [1.807, 2.05) is 0 Å². The Hall–Kier alpha value is -2.08. The molecule has 3 rings (SSSR count). The van der Waals surface area contributed by atoms with Crippen LogP contribution in [0.4, 0.5) is 0 Å². The lowest BCUT2D eigenvalue weighted by Gasteiger charge is -2.20. The van der Waals surface area contributed by atoms with E-state index in [-0.39, 0.29) is 23.0 Å². The molecule has 2 N–H and O–H groups in total. The van der Waals surface area contributed by atoms with E-state index in [4.69, 9.17) is 0 Å². The molecule has 1 aliphatic rings. The average Bonchev–Trinajstić information content (AvgIpc) is 2.89. The van der Waals surface area contributed by atoms with Crippen molar-refractivity contribution in [1.82, 2.24) is 14.5 Å². The Balaban J connectivity index is 2.11. The summed E-state index contributed by atoms with van der Waals surface area (Å²) in [4.78, 5) is 29.8. The number of hydrogen-bond acceptors (Lipinski definition) is 4. The van der Waals surface area contributed by atoms with Gasteiger partial charge in [0.15, 0.2) is 0 Å². The zero-order chi connectivity index (χ0) is 15.1. The Morgan fingerprint density at radius 1 is 1.33 bits per heavy atom. The largest absolute Gasteiger partial charge is 0.508 e. The summed E-state index contributed by atoms with van der Waals surface area (Å²) in [5.74, 6) is 0.0217. The zero-order valence-corrected chi connectivity index (χ0v) is 12.2. The monoisotopic (exact) mass is 289 g/mol. The van der Waals surface area contributed by atoms with E-state index in [0.29, 0.717) is 23.5 Å². The van der Waals surface area contributed by atoms with Crippen molar-refractivity contribution in [3.8, 4) is 5.75 Å². The molecule has 6 nitrogen and oxygen atoms in total. The Morgan fingerprint density at radius 3 is 2.76 bits per heavy atom. The van der Waals surface area contributed by atoms with Crippen molar-refractivity contribution in [2.45, 2.75) is 32.4 Å². The third-order valence-corrected chi connectivity index (χ3v) is 4.20. The van der Waals surface area contributed by atoms with Crippen molar-refractivity contribution < 1.29 is 5.11 Å². The lowest BCUT2D eigenvalue weighted by Crippen LogP contribution is -2.39. The van der Waals surface area contributed by atoms with E-state index in [2.05, 4.69) is 23.7 Å². The van der Waals surface area contributed by atoms with Crippen molar-refractivity contribution in [2.24, 2.45) is 0 Å². The zero-order valence-electron chi connectivity index (χ0n) is 12.2. The Labute approximate surface area is 121 Å². The highest BCUT2D eigenvalue weighted by molar-refractivity contribution is 5.78. The van der Waals surface area contributed by atoms with E-state index in [1.165, 1.54) is 16.7 Å². The van der Waals surface area contributed by atoms with Crippen LogP contribution in [-0.4, -0.2) is 38.7 Å². The first kappa shape index (κ1) is 13.9. The van der Waals surface area contributed by atoms with Gasteiger partial charge in [0.25, 0.3) is 5.56 Å². The molecule has 2 heterocycles. The average molecular weight is 289 g/mol. The van der Waals surface area contributed by atoms with Crippen molar-refractivity contribution in [1.29, 1.82) is 0 Å². The number of aromatic hydroxyl groups is 1. The highest BCUT2D eigenvalue weighted by Gasteiger charge is 2.28. The van der Waals surface area contributed by atoms with Gasteiger partial charge in [-0.15, -0.1) is 0 Å². The summed E-state index contributed by atoms with van der Waals surface area (Å²) in [6.45, 7) is 5.79. The van der Waals surface area contributed by atoms with Crippen LogP contribution in [-0.2, 0) is 0 Å². The second-order valence-corrected chi connectivity index (χ2v) is 5.87. The van der Waals surface area contributed by atoms with E-state index in [1.54, 1.807) is 6.07 Å². The van der Waals surface area contributed by atoms with Crippen LogP contribution in [0.25, 0.3) is 10.9 Å². The molecule has 2 aromatic rings. The van der Waals surface area contributed by atoms with Crippen LogP contribution < -0.4 is 11.2 Å². The van der Waals surface area contributed by atoms with Gasteiger partial charge in [-0.1, -0.05) is 0 Å². The van der Waals surface area contributed by atoms with Crippen molar-refractivity contribution >= 4 is 10.9 Å². The highest BCUT2D eigenvalue weighted by Crippen LogP contribution is 2.21. The quantitative estimate of drug-likeness (QED) is 0.866. The number of benzene rings is 1. The van der Waals surface area contributed by atoms with Crippen molar-refractivity contribution in [3.05, 3.63) is 39.0 Å². The number of likely N-dealkylation sites (tertiary alicyclic amines) is 1. The maximum atomic E-state index is 12.6. The molecule has 6 heteroatoms. The highest BCUT2D eigenvalue weighted by atomic mass is 16.3. The summed E-state index contributed by atoms with van der Waals surface area (Å²) in [7, 11) is 0. The molecule has 21 heavy (non-hydrogen) atoms. The summed E-state index contributed by atoms with van der Waals surface area (Å²) < 4.78 is 1.30. The van der Waals surface area contributed by atoms with Crippen LogP contribution in [0.5, 0.6) is 5.75 Å². The first-order valence-electron chi connectivity index (χ1n) is 7.19. The Morgan fingerprint density at radius 2 is 2.10 bits per heavy atom. The molecule has 0 amide bonds. The molecule has 112 valence electrons. The number of nitrogens with zero attached hydrogens (tertiary/aromatic N) is 2. The summed E-state index contributed by atoms with van der Waals surface area (Å²) in [5.41, 5.74) is -0.258. The number of hydrogen-bond donors (Lipinski definition) is 2. The fourth-order valence-corrected chi connectivity index (χ4v) is 3.00. The minimum Gasteiger partial charge on any atom is -0.508 e. The summed E-state index contributed by atoms with van der Waals surface area (Å²) in [5, 5.41) is 9.89. The number of nitrogens with one attached hydrogen (secondary N) is 1. The minimum absolute atomic E-state index is 0.0217. The lowest BCUT2D eigenvalue weighted by atomic mass is 10.2. The van der Waals surface area contributed by atoms with Gasteiger partial charge < -0.3 is 10.1 Å². The number of aromatic nitrogens is 2. The van der Waals surface area contributed by atoms with E-state index >= 15 is 0 Å². The number of rotatable bonds is 2. The van der Waals surface area contributed by atoms with Gasteiger partial charge in [0.05, 0.1) is 16.9 Å². The first-order chi connectivity index (χ1) is 9.97. The van der Waals surface area contributed by atoms with Crippen molar-refractivity contribution in [2.75, 3.05) is 13.1 Å².